The molecule has 0 spiro atoms. The first kappa shape index (κ1) is 12.5. The summed E-state index contributed by atoms with van der Waals surface area (Å²) in [5.41, 5.74) is 5.95. The molecule has 0 unspecified atom stereocenters. The quantitative estimate of drug-likeness (QED) is 0.925. The Hall–Kier alpha value is -1.95. The molecule has 0 bridgehead atoms. The summed E-state index contributed by atoms with van der Waals surface area (Å²) in [6.07, 6.45) is 0. The third-order valence-corrected chi connectivity index (χ3v) is 2.24. The lowest BCUT2D eigenvalue weighted by molar-refractivity contribution is 0.312. The Morgan fingerprint density at radius 3 is 2.72 bits per heavy atom. The fourth-order valence-electron chi connectivity index (χ4n) is 1.38. The van der Waals surface area contributed by atoms with E-state index in [9.17, 15) is 4.39 Å². The summed E-state index contributed by atoms with van der Waals surface area (Å²) in [4.78, 5) is 11.7. The molecule has 2 aromatic rings. The SMILES string of the molecule is CCOc1nc(N)nc(-c2cc(F)cc(Cl)c2)n1. The molecular formula is C11H10ClFN4O. The predicted molar refractivity (Wildman–Crippen MR) is 65.8 cm³/mol. The monoisotopic (exact) mass is 268 g/mol. The average molecular weight is 269 g/mol. The lowest BCUT2D eigenvalue weighted by Crippen LogP contribution is -2.04. The molecular weight excluding hydrogens is 259 g/mol. The van der Waals surface area contributed by atoms with Crippen LogP contribution in [-0.4, -0.2) is 21.6 Å². The number of benzene rings is 1. The van der Waals surface area contributed by atoms with E-state index in [1.807, 2.05) is 0 Å². The van der Waals surface area contributed by atoms with Crippen molar-refractivity contribution in [2.45, 2.75) is 6.92 Å². The van der Waals surface area contributed by atoms with E-state index in [-0.39, 0.29) is 22.8 Å². The molecule has 5 nitrogen and oxygen atoms in total. The van der Waals surface area contributed by atoms with Gasteiger partial charge in [0.2, 0.25) is 5.95 Å². The van der Waals surface area contributed by atoms with Crippen LogP contribution in [0, 0.1) is 5.82 Å². The van der Waals surface area contributed by atoms with E-state index in [4.69, 9.17) is 22.1 Å². The first-order chi connectivity index (χ1) is 8.58. The van der Waals surface area contributed by atoms with Crippen LogP contribution in [0.15, 0.2) is 18.2 Å². The largest absolute Gasteiger partial charge is 0.464 e. The van der Waals surface area contributed by atoms with Crippen molar-refractivity contribution in [3.8, 4) is 17.4 Å². The van der Waals surface area contributed by atoms with Crippen LogP contribution < -0.4 is 10.5 Å². The molecule has 0 saturated carbocycles. The Bertz CT molecular complexity index is 559. The molecule has 1 aromatic heterocycles. The summed E-state index contributed by atoms with van der Waals surface area (Å²) in [6.45, 7) is 2.19. The first-order valence-corrected chi connectivity index (χ1v) is 5.57. The van der Waals surface area contributed by atoms with Gasteiger partial charge in [-0.3, -0.25) is 0 Å². The lowest BCUT2D eigenvalue weighted by Gasteiger charge is -2.05. The highest BCUT2D eigenvalue weighted by atomic mass is 35.5. The van der Waals surface area contributed by atoms with Gasteiger partial charge >= 0.3 is 6.01 Å². The molecule has 94 valence electrons. The molecule has 0 aliphatic rings. The van der Waals surface area contributed by atoms with Gasteiger partial charge in [-0.25, -0.2) is 4.39 Å². The minimum atomic E-state index is -0.477. The molecule has 2 rings (SSSR count). The smallest absolute Gasteiger partial charge is 0.321 e. The molecule has 18 heavy (non-hydrogen) atoms. The number of nitrogen functional groups attached to an aromatic ring is 1. The number of nitrogens with zero attached hydrogens (tertiary/aromatic N) is 3. The molecule has 1 heterocycles. The molecule has 0 fully saturated rings. The predicted octanol–water partition coefficient (Wildman–Crippen LogP) is 2.31. The van der Waals surface area contributed by atoms with Gasteiger partial charge in [-0.2, -0.15) is 15.0 Å². The molecule has 2 N–H and O–H groups in total. The summed E-state index contributed by atoms with van der Waals surface area (Å²) in [6, 6.07) is 4.09. The van der Waals surface area contributed by atoms with E-state index in [0.717, 1.165) is 0 Å². The Labute approximate surface area is 108 Å². The molecule has 0 amide bonds. The highest BCUT2D eigenvalue weighted by Gasteiger charge is 2.09. The van der Waals surface area contributed by atoms with Crippen LogP contribution in [0.3, 0.4) is 0 Å². The van der Waals surface area contributed by atoms with Crippen molar-refractivity contribution >= 4 is 17.5 Å². The number of anilines is 1. The second kappa shape index (κ2) is 5.14. The highest BCUT2D eigenvalue weighted by molar-refractivity contribution is 6.30. The minimum Gasteiger partial charge on any atom is -0.464 e. The van der Waals surface area contributed by atoms with E-state index in [1.165, 1.54) is 18.2 Å². The highest BCUT2D eigenvalue weighted by Crippen LogP contribution is 2.23. The topological polar surface area (TPSA) is 73.9 Å². The Morgan fingerprint density at radius 2 is 2.06 bits per heavy atom. The standard InChI is InChI=1S/C11H10ClFN4O/c1-2-18-11-16-9(15-10(14)17-11)6-3-7(12)5-8(13)4-6/h3-5H,2H2,1H3,(H2,14,15,16,17). The number of rotatable bonds is 3. The van der Waals surface area contributed by atoms with Crippen LogP contribution in [0.4, 0.5) is 10.3 Å². The second-order valence-electron chi connectivity index (χ2n) is 3.39. The van der Waals surface area contributed by atoms with E-state index in [0.29, 0.717) is 12.2 Å². The van der Waals surface area contributed by atoms with Crippen LogP contribution in [0.25, 0.3) is 11.4 Å². The maximum absolute atomic E-state index is 13.2. The number of aromatic nitrogens is 3. The van der Waals surface area contributed by atoms with Gasteiger partial charge in [0.15, 0.2) is 5.82 Å². The maximum Gasteiger partial charge on any atom is 0.321 e. The van der Waals surface area contributed by atoms with Gasteiger partial charge in [0.25, 0.3) is 0 Å². The zero-order chi connectivity index (χ0) is 13.1. The van der Waals surface area contributed by atoms with Gasteiger partial charge in [-0.1, -0.05) is 11.6 Å². The Balaban J connectivity index is 2.49. The van der Waals surface area contributed by atoms with Gasteiger partial charge in [-0.15, -0.1) is 0 Å². The zero-order valence-electron chi connectivity index (χ0n) is 9.52. The second-order valence-corrected chi connectivity index (χ2v) is 3.83. The third kappa shape index (κ3) is 2.84. The van der Waals surface area contributed by atoms with Gasteiger partial charge in [0.1, 0.15) is 5.82 Å². The fraction of sp³-hybridized carbons (Fsp3) is 0.182. The molecule has 0 aliphatic carbocycles. The summed E-state index contributed by atoms with van der Waals surface area (Å²) in [5.74, 6) is -0.259. The molecule has 0 radical (unpaired) electrons. The first-order valence-electron chi connectivity index (χ1n) is 5.19. The summed E-state index contributed by atoms with van der Waals surface area (Å²) < 4.78 is 18.4. The van der Waals surface area contributed by atoms with Crippen LogP contribution in [-0.2, 0) is 0 Å². The maximum atomic E-state index is 13.2. The third-order valence-electron chi connectivity index (χ3n) is 2.03. The van der Waals surface area contributed by atoms with Crippen molar-refractivity contribution in [3.05, 3.63) is 29.0 Å². The number of ether oxygens (including phenoxy) is 1. The number of halogens is 2. The van der Waals surface area contributed by atoms with E-state index in [2.05, 4.69) is 15.0 Å². The van der Waals surface area contributed by atoms with Gasteiger partial charge < -0.3 is 10.5 Å². The van der Waals surface area contributed by atoms with E-state index >= 15 is 0 Å². The van der Waals surface area contributed by atoms with Crippen LogP contribution >= 0.6 is 11.6 Å². The van der Waals surface area contributed by atoms with Crippen LogP contribution in [0.1, 0.15) is 6.92 Å². The van der Waals surface area contributed by atoms with Crippen LogP contribution in [0.5, 0.6) is 6.01 Å². The Kier molecular flexibility index (Phi) is 3.57. The summed E-state index contributed by atoms with van der Waals surface area (Å²) >= 11 is 5.77. The van der Waals surface area contributed by atoms with Crippen molar-refractivity contribution in [2.24, 2.45) is 0 Å². The van der Waals surface area contributed by atoms with E-state index < -0.39 is 5.82 Å². The molecule has 1 aromatic carbocycles. The van der Waals surface area contributed by atoms with Crippen molar-refractivity contribution in [3.63, 3.8) is 0 Å². The van der Waals surface area contributed by atoms with Gasteiger partial charge in [-0.05, 0) is 25.1 Å². The number of nitrogens with two attached hydrogens (primary N) is 1. The molecule has 0 aliphatic heterocycles. The molecule has 7 heteroatoms. The van der Waals surface area contributed by atoms with E-state index in [1.54, 1.807) is 6.92 Å². The van der Waals surface area contributed by atoms with Crippen LogP contribution in [0.2, 0.25) is 5.02 Å². The van der Waals surface area contributed by atoms with Gasteiger partial charge in [0.05, 0.1) is 6.61 Å². The fourth-order valence-corrected chi connectivity index (χ4v) is 1.60. The normalized spacial score (nSPS) is 10.4. The van der Waals surface area contributed by atoms with Gasteiger partial charge in [0, 0.05) is 10.6 Å². The zero-order valence-corrected chi connectivity index (χ0v) is 10.3. The molecule has 0 saturated heterocycles. The van der Waals surface area contributed by atoms with Crippen molar-refractivity contribution < 1.29 is 9.13 Å². The Morgan fingerprint density at radius 1 is 1.28 bits per heavy atom. The minimum absolute atomic E-state index is 0.00355. The lowest BCUT2D eigenvalue weighted by atomic mass is 10.2. The number of hydrogen-bond donors (Lipinski definition) is 1. The van der Waals surface area contributed by atoms with Crippen molar-refractivity contribution in [1.29, 1.82) is 0 Å². The summed E-state index contributed by atoms with van der Waals surface area (Å²) in [5, 5.41) is 0.252. The summed E-state index contributed by atoms with van der Waals surface area (Å²) in [7, 11) is 0. The average Bonchev–Trinajstić information content (AvgIpc) is 2.27. The van der Waals surface area contributed by atoms with Crippen molar-refractivity contribution in [1.82, 2.24) is 15.0 Å². The number of hydrogen-bond acceptors (Lipinski definition) is 5. The molecule has 0 atom stereocenters. The van der Waals surface area contributed by atoms with Crippen molar-refractivity contribution in [2.75, 3.05) is 12.3 Å².